The molecule has 0 saturated carbocycles. The van der Waals surface area contributed by atoms with Gasteiger partial charge in [-0.3, -0.25) is 14.9 Å². The maximum Gasteiger partial charge on any atom is 0.257 e. The summed E-state index contributed by atoms with van der Waals surface area (Å²) in [6.45, 7) is 1.32. The highest BCUT2D eigenvalue weighted by molar-refractivity contribution is 7.14. The van der Waals surface area contributed by atoms with Crippen molar-refractivity contribution in [1.29, 1.82) is 0 Å². The molecule has 5 rings (SSSR count). The standard InChI is InChI=1S/C23H21N3O4S/c27-21(16-3-1-4-17(12-16)24-22(28)20-5-2-9-29-20)26-23-25-18(13-31-23)14-6-7-19-15(11-14)8-10-30-19/h1,3-4,6-7,11-13,20H,2,5,8-10H2,(H,24,28)(H,25,26,27). The first-order chi connectivity index (χ1) is 15.2. The van der Waals surface area contributed by atoms with Crippen molar-refractivity contribution in [2.75, 3.05) is 23.8 Å². The predicted octanol–water partition coefficient (Wildman–Crippen LogP) is 4.11. The minimum absolute atomic E-state index is 0.181. The second-order valence-electron chi connectivity index (χ2n) is 7.48. The van der Waals surface area contributed by atoms with E-state index in [1.807, 2.05) is 17.5 Å². The van der Waals surface area contributed by atoms with Gasteiger partial charge in [0, 0.05) is 35.2 Å². The van der Waals surface area contributed by atoms with Crippen LogP contribution >= 0.6 is 11.3 Å². The van der Waals surface area contributed by atoms with E-state index in [9.17, 15) is 9.59 Å². The molecular formula is C23H21N3O4S. The van der Waals surface area contributed by atoms with Crippen molar-refractivity contribution in [1.82, 2.24) is 4.98 Å². The Morgan fingerprint density at radius 2 is 2.03 bits per heavy atom. The molecule has 2 amide bonds. The van der Waals surface area contributed by atoms with Crippen LogP contribution in [-0.4, -0.2) is 36.1 Å². The van der Waals surface area contributed by atoms with Gasteiger partial charge in [-0.05, 0) is 54.8 Å². The number of anilines is 2. The fourth-order valence-corrected chi connectivity index (χ4v) is 4.44. The van der Waals surface area contributed by atoms with E-state index in [1.165, 1.54) is 16.9 Å². The molecule has 8 heteroatoms. The van der Waals surface area contributed by atoms with Crippen molar-refractivity contribution >= 4 is 34.0 Å². The molecule has 31 heavy (non-hydrogen) atoms. The fourth-order valence-electron chi connectivity index (χ4n) is 3.72. The molecule has 7 nitrogen and oxygen atoms in total. The second kappa shape index (κ2) is 8.49. The van der Waals surface area contributed by atoms with Crippen LogP contribution in [0.5, 0.6) is 5.75 Å². The van der Waals surface area contributed by atoms with Gasteiger partial charge in [0.05, 0.1) is 12.3 Å². The van der Waals surface area contributed by atoms with Crippen molar-refractivity contribution in [3.8, 4) is 17.0 Å². The van der Waals surface area contributed by atoms with E-state index in [0.29, 0.717) is 29.6 Å². The Morgan fingerprint density at radius 1 is 1.10 bits per heavy atom. The lowest BCUT2D eigenvalue weighted by Gasteiger charge is -2.11. The molecule has 158 valence electrons. The van der Waals surface area contributed by atoms with Crippen LogP contribution in [0.3, 0.4) is 0 Å². The summed E-state index contributed by atoms with van der Waals surface area (Å²) in [6.07, 6.45) is 2.08. The number of nitrogens with one attached hydrogen (secondary N) is 2. The van der Waals surface area contributed by atoms with Gasteiger partial charge in [0.15, 0.2) is 5.13 Å². The van der Waals surface area contributed by atoms with Crippen LogP contribution < -0.4 is 15.4 Å². The van der Waals surface area contributed by atoms with Gasteiger partial charge in [0.1, 0.15) is 11.9 Å². The first-order valence-corrected chi connectivity index (χ1v) is 11.1. The summed E-state index contributed by atoms with van der Waals surface area (Å²) in [6, 6.07) is 12.9. The van der Waals surface area contributed by atoms with Crippen molar-refractivity contribution in [3.63, 3.8) is 0 Å². The third-order valence-electron chi connectivity index (χ3n) is 5.32. The monoisotopic (exact) mass is 435 g/mol. The number of amides is 2. The molecule has 2 N–H and O–H groups in total. The number of fused-ring (bicyclic) bond motifs is 1. The van der Waals surface area contributed by atoms with Crippen molar-refractivity contribution in [2.45, 2.75) is 25.4 Å². The zero-order chi connectivity index (χ0) is 21.2. The first kappa shape index (κ1) is 19.7. The maximum atomic E-state index is 12.7. The lowest BCUT2D eigenvalue weighted by molar-refractivity contribution is -0.124. The molecule has 1 atom stereocenters. The molecule has 1 unspecified atom stereocenters. The highest BCUT2D eigenvalue weighted by atomic mass is 32.1. The Bertz CT molecular complexity index is 1140. The van der Waals surface area contributed by atoms with E-state index in [-0.39, 0.29) is 11.8 Å². The molecule has 3 heterocycles. The summed E-state index contributed by atoms with van der Waals surface area (Å²) in [5.41, 5.74) is 4.00. The molecule has 1 fully saturated rings. The van der Waals surface area contributed by atoms with Crippen molar-refractivity contribution in [2.24, 2.45) is 0 Å². The Morgan fingerprint density at radius 3 is 2.90 bits per heavy atom. The van der Waals surface area contributed by atoms with Crippen LogP contribution in [0.1, 0.15) is 28.8 Å². The van der Waals surface area contributed by atoms with Gasteiger partial charge in [-0.1, -0.05) is 6.07 Å². The molecule has 0 bridgehead atoms. The minimum Gasteiger partial charge on any atom is -0.493 e. The number of carbonyl (C=O) groups is 2. The Kier molecular flexibility index (Phi) is 5.40. The highest BCUT2D eigenvalue weighted by Gasteiger charge is 2.23. The number of aromatic nitrogens is 1. The van der Waals surface area contributed by atoms with E-state index in [1.54, 1.807) is 24.3 Å². The molecular weight excluding hydrogens is 414 g/mol. The SMILES string of the molecule is O=C(Nc1nc(-c2ccc3c(c2)CCO3)cs1)c1cccc(NC(=O)C2CCCO2)c1. The number of hydrogen-bond donors (Lipinski definition) is 2. The minimum atomic E-state index is -0.419. The van der Waals surface area contributed by atoms with E-state index >= 15 is 0 Å². The number of ether oxygens (including phenoxy) is 2. The molecule has 3 aromatic rings. The largest absolute Gasteiger partial charge is 0.493 e. The first-order valence-electron chi connectivity index (χ1n) is 10.2. The van der Waals surface area contributed by atoms with E-state index in [2.05, 4.69) is 21.7 Å². The molecule has 0 spiro atoms. The number of thiazole rings is 1. The molecule has 1 aromatic heterocycles. The number of benzene rings is 2. The summed E-state index contributed by atoms with van der Waals surface area (Å²) >= 11 is 1.37. The van der Waals surface area contributed by atoms with E-state index in [4.69, 9.17) is 9.47 Å². The number of carbonyl (C=O) groups excluding carboxylic acids is 2. The lowest BCUT2D eigenvalue weighted by atomic mass is 10.1. The summed E-state index contributed by atoms with van der Waals surface area (Å²) < 4.78 is 11.0. The summed E-state index contributed by atoms with van der Waals surface area (Å²) in [4.78, 5) is 29.5. The van der Waals surface area contributed by atoms with Crippen molar-refractivity contribution in [3.05, 3.63) is 59.0 Å². The van der Waals surface area contributed by atoms with Gasteiger partial charge in [0.25, 0.3) is 11.8 Å². The average Bonchev–Trinajstić information content (AvgIpc) is 3.54. The molecule has 0 radical (unpaired) electrons. The molecule has 2 aliphatic rings. The zero-order valence-corrected chi connectivity index (χ0v) is 17.5. The van der Waals surface area contributed by atoms with Gasteiger partial charge in [-0.25, -0.2) is 4.98 Å². The van der Waals surface area contributed by atoms with Gasteiger partial charge in [0.2, 0.25) is 0 Å². The maximum absolute atomic E-state index is 12.7. The lowest BCUT2D eigenvalue weighted by Crippen LogP contribution is -2.27. The summed E-state index contributed by atoms with van der Waals surface area (Å²) in [5.74, 6) is 0.467. The second-order valence-corrected chi connectivity index (χ2v) is 8.34. The van der Waals surface area contributed by atoms with Crippen LogP contribution in [0, 0.1) is 0 Å². The Hall–Kier alpha value is -3.23. The topological polar surface area (TPSA) is 89.5 Å². The van der Waals surface area contributed by atoms with Crippen LogP contribution in [0.15, 0.2) is 47.8 Å². The quantitative estimate of drug-likeness (QED) is 0.629. The number of rotatable bonds is 5. The molecule has 1 saturated heterocycles. The average molecular weight is 436 g/mol. The third-order valence-corrected chi connectivity index (χ3v) is 6.08. The smallest absolute Gasteiger partial charge is 0.257 e. The Labute approximate surface area is 183 Å². The normalized spacial score (nSPS) is 17.1. The Balaban J connectivity index is 1.26. The highest BCUT2D eigenvalue weighted by Crippen LogP contribution is 2.32. The van der Waals surface area contributed by atoms with Crippen molar-refractivity contribution < 1.29 is 19.1 Å². The molecule has 2 aliphatic heterocycles. The van der Waals surface area contributed by atoms with Gasteiger partial charge in [-0.2, -0.15) is 0 Å². The van der Waals surface area contributed by atoms with E-state index < -0.39 is 6.10 Å². The zero-order valence-electron chi connectivity index (χ0n) is 16.7. The van der Waals surface area contributed by atoms with Gasteiger partial charge >= 0.3 is 0 Å². The van der Waals surface area contributed by atoms with Crippen LogP contribution in [0.2, 0.25) is 0 Å². The third kappa shape index (κ3) is 4.30. The number of nitrogens with zero attached hydrogens (tertiary/aromatic N) is 1. The summed E-state index contributed by atoms with van der Waals surface area (Å²) in [7, 11) is 0. The fraction of sp³-hybridized carbons (Fsp3) is 0.261. The number of hydrogen-bond acceptors (Lipinski definition) is 6. The molecule has 2 aromatic carbocycles. The van der Waals surface area contributed by atoms with Crippen LogP contribution in [0.4, 0.5) is 10.8 Å². The summed E-state index contributed by atoms with van der Waals surface area (Å²) in [5, 5.41) is 8.11. The molecule has 0 aliphatic carbocycles. The van der Waals surface area contributed by atoms with Crippen LogP contribution in [0.25, 0.3) is 11.3 Å². The van der Waals surface area contributed by atoms with Gasteiger partial charge < -0.3 is 14.8 Å². The van der Waals surface area contributed by atoms with Gasteiger partial charge in [-0.15, -0.1) is 11.3 Å². The predicted molar refractivity (Wildman–Crippen MR) is 119 cm³/mol. The van der Waals surface area contributed by atoms with E-state index in [0.717, 1.165) is 36.3 Å². The van der Waals surface area contributed by atoms with Crippen LogP contribution in [-0.2, 0) is 16.0 Å².